The normalized spacial score (nSPS) is 24.5. The largest absolute Gasteiger partial charge is 0.497 e. The zero-order valence-electron chi connectivity index (χ0n) is 18.8. The van der Waals surface area contributed by atoms with Gasteiger partial charge in [0.05, 0.1) is 7.11 Å². The van der Waals surface area contributed by atoms with Crippen molar-refractivity contribution in [2.75, 3.05) is 12.1 Å². The smallest absolute Gasteiger partial charge is 0.330 e. The number of amidine groups is 1. The lowest BCUT2D eigenvalue weighted by atomic mass is 9.81. The lowest BCUT2D eigenvalue weighted by molar-refractivity contribution is -0.153. The molecular formula is C25H27N3O4. The third kappa shape index (κ3) is 2.95. The van der Waals surface area contributed by atoms with Gasteiger partial charge >= 0.3 is 5.97 Å². The molecule has 0 bridgehead atoms. The van der Waals surface area contributed by atoms with Crippen molar-refractivity contribution in [1.29, 1.82) is 0 Å². The van der Waals surface area contributed by atoms with E-state index in [0.717, 1.165) is 46.3 Å². The van der Waals surface area contributed by atoms with Gasteiger partial charge in [-0.2, -0.15) is 0 Å². The Kier molecular flexibility index (Phi) is 4.84. The molecule has 1 aliphatic carbocycles. The van der Waals surface area contributed by atoms with Crippen LogP contribution >= 0.6 is 0 Å². The second-order valence-electron chi connectivity index (χ2n) is 8.27. The van der Waals surface area contributed by atoms with Gasteiger partial charge in [-0.1, -0.05) is 25.5 Å². The minimum atomic E-state index is -1.04. The average Bonchev–Trinajstić information content (AvgIpc) is 3.07. The van der Waals surface area contributed by atoms with Crippen LogP contribution in [0.1, 0.15) is 39.2 Å². The number of aryl methyl sites for hydroxylation is 1. The fraction of sp³-hybridized carbons (Fsp3) is 0.360. The average molecular weight is 434 g/mol. The summed E-state index contributed by atoms with van der Waals surface area (Å²) in [5, 5.41) is 11.0. The van der Waals surface area contributed by atoms with E-state index in [9.17, 15) is 4.79 Å². The van der Waals surface area contributed by atoms with Crippen LogP contribution in [0.15, 0.2) is 63.3 Å². The van der Waals surface area contributed by atoms with Gasteiger partial charge in [-0.3, -0.25) is 0 Å². The van der Waals surface area contributed by atoms with Crippen molar-refractivity contribution in [3.8, 4) is 5.75 Å². The number of nitrogens with one attached hydrogen (secondary N) is 1. The number of fused-ring (bicyclic) bond motifs is 1. The molecule has 0 amide bonds. The quantitative estimate of drug-likeness (QED) is 0.561. The molecular weight excluding hydrogens is 406 g/mol. The summed E-state index contributed by atoms with van der Waals surface area (Å²) in [7, 11) is 1.65. The Morgan fingerprint density at radius 1 is 1.34 bits per heavy atom. The van der Waals surface area contributed by atoms with Crippen molar-refractivity contribution in [2.45, 2.75) is 51.7 Å². The van der Waals surface area contributed by atoms with Crippen LogP contribution in [0.25, 0.3) is 11.0 Å². The van der Waals surface area contributed by atoms with E-state index in [1.54, 1.807) is 12.1 Å². The van der Waals surface area contributed by atoms with Crippen molar-refractivity contribution in [3.05, 3.63) is 59.3 Å². The Morgan fingerprint density at radius 3 is 2.94 bits per heavy atom. The molecule has 3 heterocycles. The molecule has 5 rings (SSSR count). The third-order valence-electron chi connectivity index (χ3n) is 6.38. The molecule has 0 radical (unpaired) electrons. The number of anilines is 1. The first-order valence-electron chi connectivity index (χ1n) is 11.0. The predicted molar refractivity (Wildman–Crippen MR) is 124 cm³/mol. The number of carbonyl (C=O) groups excluding carboxylic acids is 1. The number of carbonyl (C=O) groups is 1. The fourth-order valence-corrected chi connectivity index (χ4v) is 4.63. The molecule has 1 fully saturated rings. The van der Waals surface area contributed by atoms with Crippen LogP contribution in [0.2, 0.25) is 0 Å². The van der Waals surface area contributed by atoms with Gasteiger partial charge in [0, 0.05) is 22.7 Å². The summed E-state index contributed by atoms with van der Waals surface area (Å²) in [5.41, 5.74) is 2.82. The maximum atomic E-state index is 12.7. The highest BCUT2D eigenvalue weighted by Gasteiger charge is 2.50. The van der Waals surface area contributed by atoms with Crippen LogP contribution in [0.4, 0.5) is 5.88 Å². The molecule has 2 unspecified atom stereocenters. The molecule has 0 saturated carbocycles. The van der Waals surface area contributed by atoms with Gasteiger partial charge in [0.1, 0.15) is 17.4 Å². The summed E-state index contributed by atoms with van der Waals surface area (Å²) in [5.74, 6) is 1.73. The molecule has 2 aromatic rings. The van der Waals surface area contributed by atoms with E-state index in [1.165, 1.54) is 0 Å². The van der Waals surface area contributed by atoms with E-state index in [-0.39, 0.29) is 5.97 Å². The van der Waals surface area contributed by atoms with Crippen molar-refractivity contribution >= 4 is 28.7 Å². The van der Waals surface area contributed by atoms with Crippen LogP contribution in [-0.2, 0) is 16.0 Å². The van der Waals surface area contributed by atoms with Crippen molar-refractivity contribution in [2.24, 2.45) is 5.10 Å². The molecule has 1 spiro atoms. The first-order valence-corrected chi connectivity index (χ1v) is 11.0. The van der Waals surface area contributed by atoms with Crippen LogP contribution in [0.3, 0.4) is 0 Å². The van der Waals surface area contributed by atoms with Crippen molar-refractivity contribution in [3.63, 3.8) is 0 Å². The molecule has 3 aliphatic rings. The molecule has 1 N–H and O–H groups in total. The number of furan rings is 1. The Hall–Kier alpha value is -3.48. The van der Waals surface area contributed by atoms with Crippen LogP contribution in [0, 0.1) is 0 Å². The number of methoxy groups -OCH3 is 1. The number of nitrogens with zero attached hydrogens (tertiary/aromatic N) is 2. The number of allylic oxidation sites excluding steroid dienone is 2. The first-order chi connectivity index (χ1) is 15.5. The zero-order valence-corrected chi connectivity index (χ0v) is 18.8. The van der Waals surface area contributed by atoms with Crippen LogP contribution in [0.5, 0.6) is 5.75 Å². The SMILES string of the molecule is CCc1c(N2C=CC3=C(C)CC=CC34OC(=O)C(CC)NC4=N2)oc2ccc(OC)cc12. The molecule has 7 nitrogen and oxygen atoms in total. The summed E-state index contributed by atoms with van der Waals surface area (Å²) in [6.45, 7) is 6.10. The maximum Gasteiger partial charge on any atom is 0.330 e. The van der Waals surface area contributed by atoms with E-state index in [2.05, 4.69) is 19.2 Å². The van der Waals surface area contributed by atoms with Gasteiger partial charge in [-0.25, -0.2) is 9.80 Å². The Morgan fingerprint density at radius 2 is 2.19 bits per heavy atom. The van der Waals surface area contributed by atoms with Gasteiger partial charge in [-0.05, 0) is 56.5 Å². The number of hydrazone groups is 1. The number of rotatable bonds is 4. The van der Waals surface area contributed by atoms with E-state index in [1.807, 2.05) is 49.6 Å². The van der Waals surface area contributed by atoms with E-state index < -0.39 is 11.6 Å². The monoisotopic (exact) mass is 433 g/mol. The number of esters is 1. The Bertz CT molecular complexity index is 1220. The van der Waals surface area contributed by atoms with Gasteiger partial charge in [0.25, 0.3) is 0 Å². The highest BCUT2D eigenvalue weighted by Crippen LogP contribution is 2.41. The van der Waals surface area contributed by atoms with Crippen LogP contribution in [-0.4, -0.2) is 30.6 Å². The predicted octanol–water partition coefficient (Wildman–Crippen LogP) is 4.59. The van der Waals surface area contributed by atoms with E-state index >= 15 is 0 Å². The summed E-state index contributed by atoms with van der Waals surface area (Å²) in [6.07, 6.45) is 9.99. The first kappa shape index (κ1) is 20.4. The Labute approximate surface area is 187 Å². The van der Waals surface area contributed by atoms with Crippen molar-refractivity contribution < 1.29 is 18.7 Å². The number of hydrogen-bond acceptors (Lipinski definition) is 7. The molecule has 1 aromatic carbocycles. The molecule has 2 aliphatic heterocycles. The number of morpholine rings is 1. The van der Waals surface area contributed by atoms with Gasteiger partial charge < -0.3 is 19.2 Å². The van der Waals surface area contributed by atoms with Crippen LogP contribution < -0.4 is 15.1 Å². The topological polar surface area (TPSA) is 76.3 Å². The highest BCUT2D eigenvalue weighted by atomic mass is 16.6. The van der Waals surface area contributed by atoms with Gasteiger partial charge in [-0.15, -0.1) is 5.10 Å². The van der Waals surface area contributed by atoms with E-state index in [0.29, 0.717) is 18.1 Å². The molecule has 32 heavy (non-hydrogen) atoms. The lowest BCUT2D eigenvalue weighted by Gasteiger charge is -2.41. The minimum Gasteiger partial charge on any atom is -0.497 e. The zero-order chi connectivity index (χ0) is 22.5. The molecule has 1 aromatic heterocycles. The highest BCUT2D eigenvalue weighted by molar-refractivity contribution is 6.05. The Balaban J connectivity index is 1.69. The van der Waals surface area contributed by atoms with Gasteiger partial charge in [0.2, 0.25) is 11.5 Å². The molecule has 166 valence electrons. The third-order valence-corrected chi connectivity index (χ3v) is 6.38. The number of hydrogen-bond donors (Lipinski definition) is 1. The maximum absolute atomic E-state index is 12.7. The summed E-state index contributed by atoms with van der Waals surface area (Å²) in [6, 6.07) is 5.34. The summed E-state index contributed by atoms with van der Waals surface area (Å²) >= 11 is 0. The van der Waals surface area contributed by atoms with E-state index in [4.69, 9.17) is 19.0 Å². The molecule has 1 saturated heterocycles. The van der Waals surface area contributed by atoms with Gasteiger partial charge in [0.15, 0.2) is 5.84 Å². The standard InChI is InChI=1S/C25H27N3O4/c1-5-17-18-14-16(30-4)9-10-21(18)31-22(17)28-13-11-19-15(3)8-7-12-25(19)24(27-28)26-20(6-2)23(29)32-25/h7,9-14,20H,5-6,8H2,1-4H3,(H,26,27). The molecule has 7 heteroatoms. The fourth-order valence-electron chi connectivity index (χ4n) is 4.63. The molecule has 2 atom stereocenters. The summed E-state index contributed by atoms with van der Waals surface area (Å²) in [4.78, 5) is 12.7. The summed E-state index contributed by atoms with van der Waals surface area (Å²) < 4.78 is 17.7. The second kappa shape index (κ2) is 7.58. The lowest BCUT2D eigenvalue weighted by Crippen LogP contribution is -2.61. The second-order valence-corrected chi connectivity index (χ2v) is 8.27. The number of ether oxygens (including phenoxy) is 2. The number of benzene rings is 1. The minimum absolute atomic E-state index is 0.268. The van der Waals surface area contributed by atoms with Crippen molar-refractivity contribution in [1.82, 2.24) is 5.32 Å².